The molecule has 2 aromatic heterocycles. The molecule has 0 aliphatic heterocycles. The number of hydrogen-bond donors (Lipinski definition) is 0. The summed E-state index contributed by atoms with van der Waals surface area (Å²) in [5.41, 5.74) is -0.0483. The molecule has 0 saturated carbocycles. The van der Waals surface area contributed by atoms with E-state index in [2.05, 4.69) is 36.8 Å². The van der Waals surface area contributed by atoms with Gasteiger partial charge >= 0.3 is 0 Å². The molecule has 0 fully saturated rings. The third-order valence-corrected chi connectivity index (χ3v) is 4.65. The fourth-order valence-electron chi connectivity index (χ4n) is 1.32. The van der Waals surface area contributed by atoms with E-state index in [-0.39, 0.29) is 5.56 Å². The highest BCUT2D eigenvalue weighted by Gasteiger charge is 2.08. The number of aromatic nitrogens is 2. The first kappa shape index (κ1) is 12.0. The second-order valence-electron chi connectivity index (χ2n) is 3.24. The second-order valence-corrected chi connectivity index (χ2v) is 5.95. The SMILES string of the molecule is Cc1ncc(Br)c(=O)n1Cc1sccc1Br. The molecule has 0 atom stereocenters. The molecule has 2 rings (SSSR count). The summed E-state index contributed by atoms with van der Waals surface area (Å²) in [4.78, 5) is 17.2. The number of thiophene rings is 1. The first-order valence-electron chi connectivity index (χ1n) is 4.53. The lowest BCUT2D eigenvalue weighted by atomic mass is 10.4. The van der Waals surface area contributed by atoms with Gasteiger partial charge in [0.2, 0.25) is 0 Å². The molecule has 3 nitrogen and oxygen atoms in total. The van der Waals surface area contributed by atoms with Crippen LogP contribution in [0.1, 0.15) is 10.7 Å². The smallest absolute Gasteiger partial charge is 0.268 e. The van der Waals surface area contributed by atoms with Gasteiger partial charge in [-0.05, 0) is 50.2 Å². The van der Waals surface area contributed by atoms with Gasteiger partial charge in [0.05, 0.1) is 6.54 Å². The second kappa shape index (κ2) is 4.81. The molecule has 0 unspecified atom stereocenters. The van der Waals surface area contributed by atoms with Crippen LogP contribution in [0.15, 0.2) is 31.4 Å². The Morgan fingerprint density at radius 1 is 1.44 bits per heavy atom. The van der Waals surface area contributed by atoms with Gasteiger partial charge in [-0.3, -0.25) is 9.36 Å². The molecule has 16 heavy (non-hydrogen) atoms. The average molecular weight is 364 g/mol. The molecule has 0 aliphatic carbocycles. The van der Waals surface area contributed by atoms with Gasteiger partial charge in [-0.1, -0.05) is 0 Å². The van der Waals surface area contributed by atoms with Gasteiger partial charge in [0.15, 0.2) is 0 Å². The lowest BCUT2D eigenvalue weighted by Crippen LogP contribution is -2.24. The van der Waals surface area contributed by atoms with Crippen molar-refractivity contribution in [3.05, 3.63) is 47.6 Å². The highest BCUT2D eigenvalue weighted by molar-refractivity contribution is 9.10. The van der Waals surface area contributed by atoms with Crippen molar-refractivity contribution in [3.63, 3.8) is 0 Å². The minimum absolute atomic E-state index is 0.0483. The van der Waals surface area contributed by atoms with Crippen LogP contribution in [0.3, 0.4) is 0 Å². The Labute approximate surface area is 113 Å². The van der Waals surface area contributed by atoms with E-state index in [0.29, 0.717) is 16.8 Å². The van der Waals surface area contributed by atoms with Crippen molar-refractivity contribution < 1.29 is 0 Å². The summed E-state index contributed by atoms with van der Waals surface area (Å²) in [6.45, 7) is 2.38. The van der Waals surface area contributed by atoms with Gasteiger partial charge in [-0.25, -0.2) is 4.98 Å². The maximum Gasteiger partial charge on any atom is 0.268 e. The van der Waals surface area contributed by atoms with Crippen molar-refractivity contribution in [1.82, 2.24) is 9.55 Å². The van der Waals surface area contributed by atoms with Crippen LogP contribution >= 0.6 is 43.2 Å². The summed E-state index contributed by atoms with van der Waals surface area (Å²) in [5, 5.41) is 1.99. The monoisotopic (exact) mass is 362 g/mol. The molecule has 84 valence electrons. The van der Waals surface area contributed by atoms with Crippen molar-refractivity contribution in [1.29, 1.82) is 0 Å². The van der Waals surface area contributed by atoms with Crippen LogP contribution in [0.25, 0.3) is 0 Å². The molecular weight excluding hydrogens is 356 g/mol. The number of halogens is 2. The van der Waals surface area contributed by atoms with E-state index in [1.165, 1.54) is 6.20 Å². The van der Waals surface area contributed by atoms with Crippen LogP contribution in [0.4, 0.5) is 0 Å². The fraction of sp³-hybridized carbons (Fsp3) is 0.200. The van der Waals surface area contributed by atoms with Gasteiger partial charge in [-0.2, -0.15) is 0 Å². The normalized spacial score (nSPS) is 10.7. The molecular formula is C10H8Br2N2OS. The Morgan fingerprint density at radius 3 is 2.81 bits per heavy atom. The maximum absolute atomic E-state index is 11.9. The van der Waals surface area contributed by atoms with Gasteiger partial charge in [0.25, 0.3) is 5.56 Å². The van der Waals surface area contributed by atoms with Crippen molar-refractivity contribution in [2.75, 3.05) is 0 Å². The van der Waals surface area contributed by atoms with E-state index >= 15 is 0 Å². The van der Waals surface area contributed by atoms with Crippen molar-refractivity contribution in [3.8, 4) is 0 Å². The number of hydrogen-bond acceptors (Lipinski definition) is 3. The summed E-state index contributed by atoms with van der Waals surface area (Å²) < 4.78 is 3.18. The Morgan fingerprint density at radius 2 is 2.19 bits per heavy atom. The van der Waals surface area contributed by atoms with Crippen LogP contribution in [0.2, 0.25) is 0 Å². The molecule has 0 radical (unpaired) electrons. The van der Waals surface area contributed by atoms with Crippen molar-refractivity contribution in [2.45, 2.75) is 13.5 Å². The van der Waals surface area contributed by atoms with E-state index in [1.807, 2.05) is 18.4 Å². The zero-order valence-electron chi connectivity index (χ0n) is 8.41. The zero-order valence-corrected chi connectivity index (χ0v) is 12.4. The van der Waals surface area contributed by atoms with Gasteiger partial charge < -0.3 is 0 Å². The largest absolute Gasteiger partial charge is 0.291 e. The summed E-state index contributed by atoms with van der Waals surface area (Å²) in [5.74, 6) is 0.716. The van der Waals surface area contributed by atoms with E-state index in [0.717, 1.165) is 9.35 Å². The van der Waals surface area contributed by atoms with E-state index < -0.39 is 0 Å². The molecule has 0 spiro atoms. The Bertz CT molecular complexity index is 576. The summed E-state index contributed by atoms with van der Waals surface area (Å²) in [6.07, 6.45) is 1.54. The first-order valence-corrected chi connectivity index (χ1v) is 7.00. The van der Waals surface area contributed by atoms with Crippen molar-refractivity contribution in [2.24, 2.45) is 0 Å². The molecule has 0 aliphatic rings. The predicted molar refractivity (Wildman–Crippen MR) is 72.1 cm³/mol. The molecule has 0 bridgehead atoms. The lowest BCUT2D eigenvalue weighted by molar-refractivity contribution is 0.701. The molecule has 2 heterocycles. The predicted octanol–water partition coefficient (Wildman–Crippen LogP) is 3.19. The molecule has 0 amide bonds. The highest BCUT2D eigenvalue weighted by Crippen LogP contribution is 2.23. The molecule has 0 N–H and O–H groups in total. The topological polar surface area (TPSA) is 34.9 Å². The average Bonchev–Trinajstić information content (AvgIpc) is 2.65. The van der Waals surface area contributed by atoms with Crippen molar-refractivity contribution >= 4 is 43.2 Å². The molecule has 2 aromatic rings. The van der Waals surface area contributed by atoms with Gasteiger partial charge in [-0.15, -0.1) is 11.3 Å². The minimum atomic E-state index is -0.0483. The van der Waals surface area contributed by atoms with Gasteiger partial charge in [0, 0.05) is 15.5 Å². The lowest BCUT2D eigenvalue weighted by Gasteiger charge is -2.08. The summed E-state index contributed by atoms with van der Waals surface area (Å²) in [6, 6.07) is 1.98. The van der Waals surface area contributed by atoms with E-state index in [1.54, 1.807) is 15.9 Å². The standard InChI is InChI=1S/C10H8Br2N2OS/c1-6-13-4-8(12)10(15)14(6)5-9-7(11)2-3-16-9/h2-4H,5H2,1H3. The van der Waals surface area contributed by atoms with Crippen LogP contribution in [0.5, 0.6) is 0 Å². The Balaban J connectivity index is 2.46. The fourth-order valence-corrected chi connectivity index (χ4v) is 3.10. The molecule has 6 heteroatoms. The van der Waals surface area contributed by atoms with Crippen LogP contribution in [-0.4, -0.2) is 9.55 Å². The number of rotatable bonds is 2. The van der Waals surface area contributed by atoms with Crippen LogP contribution < -0.4 is 5.56 Å². The van der Waals surface area contributed by atoms with E-state index in [9.17, 15) is 4.79 Å². The number of aryl methyl sites for hydroxylation is 1. The third kappa shape index (κ3) is 2.28. The zero-order chi connectivity index (χ0) is 11.7. The minimum Gasteiger partial charge on any atom is -0.291 e. The maximum atomic E-state index is 11.9. The highest BCUT2D eigenvalue weighted by atomic mass is 79.9. The molecule has 0 aromatic carbocycles. The summed E-state index contributed by atoms with van der Waals surface area (Å²) in [7, 11) is 0. The first-order chi connectivity index (χ1) is 7.59. The quantitative estimate of drug-likeness (QED) is 0.821. The van der Waals surface area contributed by atoms with Crippen LogP contribution in [-0.2, 0) is 6.54 Å². The number of nitrogens with zero attached hydrogens (tertiary/aromatic N) is 2. The summed E-state index contributed by atoms with van der Waals surface area (Å²) >= 11 is 8.27. The Kier molecular flexibility index (Phi) is 3.61. The Hall–Kier alpha value is -0.460. The molecule has 0 saturated heterocycles. The van der Waals surface area contributed by atoms with E-state index in [4.69, 9.17) is 0 Å². The third-order valence-electron chi connectivity index (χ3n) is 2.20. The van der Waals surface area contributed by atoms with Crippen LogP contribution in [0, 0.1) is 6.92 Å². The van der Waals surface area contributed by atoms with Gasteiger partial charge in [0.1, 0.15) is 10.3 Å².